The second kappa shape index (κ2) is 10.8. The normalized spacial score (nSPS) is 10.9. The summed E-state index contributed by atoms with van der Waals surface area (Å²) in [7, 11) is 3.00. The van der Waals surface area contributed by atoms with Crippen LogP contribution in [-0.4, -0.2) is 36.0 Å². The Labute approximate surface area is 240 Å². The number of methoxy groups -OCH3 is 1. The average molecular weight is 591 g/mol. The summed E-state index contributed by atoms with van der Waals surface area (Å²) >= 11 is 12.8. The maximum Gasteiger partial charge on any atom is 0.332 e. The summed E-state index contributed by atoms with van der Waals surface area (Å²) < 4.78 is 23.2. The zero-order valence-electron chi connectivity index (χ0n) is 21.4. The molecule has 0 aliphatic heterocycles. The predicted octanol–water partition coefficient (Wildman–Crippen LogP) is 3.65. The molecule has 204 valence electrons. The van der Waals surface area contributed by atoms with E-state index in [2.05, 4.69) is 15.1 Å². The molecule has 0 unspecified atom stereocenters. The van der Waals surface area contributed by atoms with Crippen LogP contribution in [0.15, 0.2) is 52.3 Å². The van der Waals surface area contributed by atoms with Crippen LogP contribution in [0.4, 0.5) is 4.39 Å². The van der Waals surface area contributed by atoms with E-state index in [9.17, 15) is 24.5 Å². The highest BCUT2D eigenvalue weighted by Gasteiger charge is 2.22. The molecule has 0 aliphatic carbocycles. The van der Waals surface area contributed by atoms with Gasteiger partial charge in [0, 0.05) is 28.2 Å². The molecular weight excluding hydrogens is 574 g/mol. The van der Waals surface area contributed by atoms with Crippen LogP contribution in [0.1, 0.15) is 22.5 Å². The zero-order valence-corrected chi connectivity index (χ0v) is 22.9. The molecular formula is C27H17Cl2FN8O3. The second-order valence-corrected chi connectivity index (χ2v) is 9.66. The van der Waals surface area contributed by atoms with Gasteiger partial charge in [0.25, 0.3) is 5.56 Å². The summed E-state index contributed by atoms with van der Waals surface area (Å²) in [6, 6.07) is 12.1. The van der Waals surface area contributed by atoms with Crippen LogP contribution >= 0.6 is 23.2 Å². The van der Waals surface area contributed by atoms with Crippen molar-refractivity contribution in [2.45, 2.75) is 13.1 Å². The number of pyridine rings is 1. The minimum Gasteiger partial charge on any atom is -0.481 e. The number of benzene rings is 2. The fraction of sp³-hybridized carbons (Fsp3) is 0.148. The molecule has 0 fully saturated rings. The summed E-state index contributed by atoms with van der Waals surface area (Å²) in [5.41, 5.74) is -0.576. The van der Waals surface area contributed by atoms with Crippen LogP contribution in [0.25, 0.3) is 22.2 Å². The fourth-order valence-corrected chi connectivity index (χ4v) is 4.75. The molecule has 0 aliphatic rings. The zero-order chi connectivity index (χ0) is 29.4. The Morgan fingerprint density at radius 2 is 1.78 bits per heavy atom. The van der Waals surface area contributed by atoms with E-state index in [0.29, 0.717) is 16.7 Å². The molecule has 5 rings (SSSR count). The van der Waals surface area contributed by atoms with Crippen LogP contribution in [0.5, 0.6) is 5.88 Å². The van der Waals surface area contributed by atoms with E-state index < -0.39 is 17.1 Å². The van der Waals surface area contributed by atoms with Gasteiger partial charge in [-0.2, -0.15) is 15.6 Å². The third kappa shape index (κ3) is 5.02. The lowest BCUT2D eigenvalue weighted by Crippen LogP contribution is -2.41. The van der Waals surface area contributed by atoms with E-state index in [0.717, 1.165) is 10.6 Å². The van der Waals surface area contributed by atoms with Crippen molar-refractivity contribution in [2.75, 3.05) is 7.11 Å². The Balaban J connectivity index is 1.84. The number of aryl methyl sites for hydroxylation is 1. The van der Waals surface area contributed by atoms with Crippen molar-refractivity contribution in [3.8, 4) is 29.1 Å². The smallest absolute Gasteiger partial charge is 0.332 e. The molecule has 11 nitrogen and oxygen atoms in total. The number of hydrogen-bond acceptors (Lipinski definition) is 8. The van der Waals surface area contributed by atoms with Crippen LogP contribution < -0.4 is 16.0 Å². The molecule has 3 heterocycles. The molecule has 0 spiro atoms. The average Bonchev–Trinajstić information content (AvgIpc) is 3.38. The van der Waals surface area contributed by atoms with E-state index >= 15 is 0 Å². The molecule has 14 heteroatoms. The Kier molecular flexibility index (Phi) is 7.28. The molecule has 2 aromatic carbocycles. The standard InChI is InChI=1S/C27H17Cl2FN8O3/c1-36-13-33-23(35-36)12-38-26(39)24-22(37(27(38)40)11-16-6-15(10-32)21(30)8-20(16)29)7-18(25(34-24)41-2)17-5-14(9-31)3-4-19(17)28/h3-8,13H,11-12H2,1-2H3. The monoisotopic (exact) mass is 590 g/mol. The maximum absolute atomic E-state index is 14.2. The fourth-order valence-electron chi connectivity index (χ4n) is 4.32. The van der Waals surface area contributed by atoms with Crippen LogP contribution in [-0.2, 0) is 20.1 Å². The van der Waals surface area contributed by atoms with Gasteiger partial charge in [0.15, 0.2) is 11.3 Å². The largest absolute Gasteiger partial charge is 0.481 e. The number of halogens is 3. The van der Waals surface area contributed by atoms with Gasteiger partial charge >= 0.3 is 5.69 Å². The summed E-state index contributed by atoms with van der Waals surface area (Å²) in [5, 5.41) is 23.2. The van der Waals surface area contributed by atoms with Gasteiger partial charge in [-0.3, -0.25) is 18.6 Å². The molecule has 0 atom stereocenters. The van der Waals surface area contributed by atoms with Crippen molar-refractivity contribution in [1.29, 1.82) is 10.5 Å². The van der Waals surface area contributed by atoms with E-state index in [1.807, 2.05) is 6.07 Å². The number of nitriles is 2. The first-order valence-electron chi connectivity index (χ1n) is 11.8. The SMILES string of the molecule is COc1nc2c(=O)n(Cc3ncn(C)n3)c(=O)n(Cc3cc(C#N)c(F)cc3Cl)c2cc1-c1cc(C#N)ccc1Cl. The van der Waals surface area contributed by atoms with Crippen molar-refractivity contribution >= 4 is 34.2 Å². The third-order valence-corrected chi connectivity index (χ3v) is 6.96. The number of aromatic nitrogens is 6. The Morgan fingerprint density at radius 3 is 2.44 bits per heavy atom. The van der Waals surface area contributed by atoms with Gasteiger partial charge in [0.05, 0.1) is 42.9 Å². The first-order chi connectivity index (χ1) is 19.6. The van der Waals surface area contributed by atoms with Crippen molar-refractivity contribution in [2.24, 2.45) is 7.05 Å². The minimum absolute atomic E-state index is 0.0193. The highest BCUT2D eigenvalue weighted by atomic mass is 35.5. The Hall–Kier alpha value is -5.04. The summed E-state index contributed by atoms with van der Waals surface area (Å²) in [4.78, 5) is 36.1. The number of fused-ring (bicyclic) bond motifs is 1. The quantitative estimate of drug-likeness (QED) is 0.291. The third-order valence-electron chi connectivity index (χ3n) is 6.28. The van der Waals surface area contributed by atoms with E-state index in [4.69, 9.17) is 27.9 Å². The van der Waals surface area contributed by atoms with Crippen LogP contribution in [0.3, 0.4) is 0 Å². The van der Waals surface area contributed by atoms with Crippen molar-refractivity contribution in [3.63, 3.8) is 0 Å². The topological polar surface area (TPSA) is 144 Å². The number of ether oxygens (including phenoxy) is 1. The van der Waals surface area contributed by atoms with Gasteiger partial charge < -0.3 is 4.74 Å². The van der Waals surface area contributed by atoms with Crippen molar-refractivity contribution in [1.82, 2.24) is 28.9 Å². The van der Waals surface area contributed by atoms with Crippen LogP contribution in [0, 0.1) is 28.5 Å². The summed E-state index contributed by atoms with van der Waals surface area (Å²) in [6.45, 7) is -0.519. The summed E-state index contributed by atoms with van der Waals surface area (Å²) in [6.07, 6.45) is 1.42. The molecule has 3 aromatic heterocycles. The summed E-state index contributed by atoms with van der Waals surface area (Å²) in [5.74, 6) is -0.593. The number of nitrogens with zero attached hydrogens (tertiary/aromatic N) is 8. The lowest BCUT2D eigenvalue weighted by atomic mass is 10.0. The first kappa shape index (κ1) is 27.5. The van der Waals surface area contributed by atoms with Crippen molar-refractivity contribution < 1.29 is 9.13 Å². The molecule has 0 bridgehead atoms. The molecule has 0 amide bonds. The van der Waals surface area contributed by atoms with Gasteiger partial charge in [0.1, 0.15) is 18.2 Å². The van der Waals surface area contributed by atoms with Gasteiger partial charge in [-0.05, 0) is 42.0 Å². The van der Waals surface area contributed by atoms with E-state index in [1.54, 1.807) is 13.1 Å². The maximum atomic E-state index is 14.2. The van der Waals surface area contributed by atoms with Gasteiger partial charge in [-0.1, -0.05) is 23.2 Å². The predicted molar refractivity (Wildman–Crippen MR) is 147 cm³/mol. The van der Waals surface area contributed by atoms with Crippen molar-refractivity contribution in [3.05, 3.63) is 102 Å². The van der Waals surface area contributed by atoms with E-state index in [-0.39, 0.29) is 57.0 Å². The number of rotatable bonds is 6. The molecule has 41 heavy (non-hydrogen) atoms. The highest BCUT2D eigenvalue weighted by Crippen LogP contribution is 2.36. The molecule has 5 aromatic rings. The van der Waals surface area contributed by atoms with Gasteiger partial charge in [-0.15, -0.1) is 0 Å². The lowest BCUT2D eigenvalue weighted by Gasteiger charge is -2.17. The van der Waals surface area contributed by atoms with Crippen LogP contribution in [0.2, 0.25) is 10.0 Å². The lowest BCUT2D eigenvalue weighted by molar-refractivity contribution is 0.401. The molecule has 0 saturated carbocycles. The Morgan fingerprint density at radius 1 is 1.00 bits per heavy atom. The highest BCUT2D eigenvalue weighted by molar-refractivity contribution is 6.33. The van der Waals surface area contributed by atoms with Gasteiger partial charge in [0.2, 0.25) is 5.88 Å². The second-order valence-electron chi connectivity index (χ2n) is 8.85. The minimum atomic E-state index is -0.814. The molecule has 0 N–H and O–H groups in total. The first-order valence-corrected chi connectivity index (χ1v) is 12.6. The van der Waals surface area contributed by atoms with Gasteiger partial charge in [-0.25, -0.2) is 19.2 Å². The molecule has 0 saturated heterocycles. The Bertz CT molecular complexity index is 2070. The molecule has 0 radical (unpaired) electrons. The number of hydrogen-bond donors (Lipinski definition) is 0. The van der Waals surface area contributed by atoms with E-state index in [1.165, 1.54) is 53.0 Å².